The number of hydrogen-bond donors (Lipinski definition) is 0. The number of amides is 2. The lowest BCUT2D eigenvalue weighted by molar-refractivity contribution is 0.172. The van der Waals surface area contributed by atoms with Crippen LogP contribution in [0.1, 0.15) is 6.92 Å². The van der Waals surface area contributed by atoms with Crippen LogP contribution in [0.2, 0.25) is 13.1 Å². The standard InChI is InChI=1S/C8H17BN2O/c1-7-5-9(2)6-10(3)8(12)11(7)4/h7H,5-6H2,1-4H3. The lowest BCUT2D eigenvalue weighted by Crippen LogP contribution is -2.40. The molecule has 0 aromatic heterocycles. The summed E-state index contributed by atoms with van der Waals surface area (Å²) in [7, 11) is 3.74. The predicted octanol–water partition coefficient (Wildman–Crippen LogP) is 1.04. The predicted molar refractivity (Wildman–Crippen MR) is 51.7 cm³/mol. The Bertz CT molecular complexity index is 186. The van der Waals surface area contributed by atoms with Gasteiger partial charge in [-0.3, -0.25) is 0 Å². The molecule has 0 saturated carbocycles. The smallest absolute Gasteiger partial charge is 0.319 e. The molecule has 1 heterocycles. The van der Waals surface area contributed by atoms with Crippen LogP contribution in [0.5, 0.6) is 0 Å². The van der Waals surface area contributed by atoms with E-state index in [0.29, 0.717) is 12.8 Å². The first-order valence-electron chi connectivity index (χ1n) is 4.50. The van der Waals surface area contributed by atoms with Gasteiger partial charge in [0, 0.05) is 20.1 Å². The highest BCUT2D eigenvalue weighted by molar-refractivity contribution is 6.58. The number of carbonyl (C=O) groups excluding carboxylic acids is 1. The van der Waals surface area contributed by atoms with Crippen molar-refractivity contribution in [2.24, 2.45) is 0 Å². The van der Waals surface area contributed by atoms with Crippen molar-refractivity contribution in [1.29, 1.82) is 0 Å². The average molecular weight is 168 g/mol. The minimum Gasteiger partial charge on any atom is -0.335 e. The number of rotatable bonds is 0. The second-order valence-electron chi connectivity index (χ2n) is 3.96. The second kappa shape index (κ2) is 3.38. The van der Waals surface area contributed by atoms with Gasteiger partial charge in [-0.15, -0.1) is 0 Å². The van der Waals surface area contributed by atoms with Gasteiger partial charge in [0.2, 0.25) is 0 Å². The molecule has 0 aromatic rings. The maximum Gasteiger partial charge on any atom is 0.319 e. The highest BCUT2D eigenvalue weighted by atomic mass is 16.2. The Labute approximate surface area is 74.8 Å². The Hall–Kier alpha value is -0.665. The number of hydrogen-bond acceptors (Lipinski definition) is 1. The van der Waals surface area contributed by atoms with Crippen LogP contribution >= 0.6 is 0 Å². The van der Waals surface area contributed by atoms with Gasteiger partial charge >= 0.3 is 6.03 Å². The van der Waals surface area contributed by atoms with Gasteiger partial charge in [-0.25, -0.2) is 4.79 Å². The molecule has 12 heavy (non-hydrogen) atoms. The molecule has 1 aliphatic rings. The molecule has 1 fully saturated rings. The van der Waals surface area contributed by atoms with Crippen LogP contribution in [-0.4, -0.2) is 49.1 Å². The SMILES string of the molecule is CB1CC(C)N(C)C(=O)N(C)C1. The molecule has 0 aliphatic carbocycles. The zero-order valence-corrected chi connectivity index (χ0v) is 8.37. The Morgan fingerprint density at radius 2 is 2.08 bits per heavy atom. The second-order valence-corrected chi connectivity index (χ2v) is 3.96. The lowest BCUT2D eigenvalue weighted by Gasteiger charge is -2.25. The van der Waals surface area contributed by atoms with E-state index in [-0.39, 0.29) is 6.03 Å². The van der Waals surface area contributed by atoms with Crippen molar-refractivity contribution in [3.8, 4) is 0 Å². The molecule has 2 amide bonds. The van der Waals surface area contributed by atoms with Crippen LogP contribution < -0.4 is 0 Å². The monoisotopic (exact) mass is 168 g/mol. The van der Waals surface area contributed by atoms with E-state index < -0.39 is 0 Å². The summed E-state index contributed by atoms with van der Waals surface area (Å²) in [6, 6.07) is 0.518. The molecule has 4 heteroatoms. The molecule has 3 nitrogen and oxygen atoms in total. The molecule has 0 bridgehead atoms. The Morgan fingerprint density at radius 1 is 1.50 bits per heavy atom. The summed E-state index contributed by atoms with van der Waals surface area (Å²) in [5, 5.41) is 0. The molecular formula is C8H17BN2O. The minimum absolute atomic E-state index is 0.145. The first-order chi connectivity index (χ1) is 5.52. The molecule has 1 saturated heterocycles. The van der Waals surface area contributed by atoms with Gasteiger partial charge in [-0.1, -0.05) is 13.1 Å². The van der Waals surface area contributed by atoms with Gasteiger partial charge in [0.25, 0.3) is 0 Å². The fourth-order valence-electron chi connectivity index (χ4n) is 1.82. The van der Waals surface area contributed by atoms with Crippen LogP contribution in [0.3, 0.4) is 0 Å². The highest BCUT2D eigenvalue weighted by Gasteiger charge is 2.27. The number of nitrogens with zero attached hydrogens (tertiary/aromatic N) is 2. The average Bonchev–Trinajstić information content (AvgIpc) is 2.05. The van der Waals surface area contributed by atoms with Crippen LogP contribution in [0.25, 0.3) is 0 Å². The van der Waals surface area contributed by atoms with E-state index >= 15 is 0 Å². The van der Waals surface area contributed by atoms with Crippen molar-refractivity contribution in [3.05, 3.63) is 0 Å². The minimum atomic E-state index is 0.145. The van der Waals surface area contributed by atoms with Crippen LogP contribution in [-0.2, 0) is 0 Å². The molecule has 0 aromatic carbocycles. The molecular weight excluding hydrogens is 151 g/mol. The third kappa shape index (κ3) is 1.73. The van der Waals surface area contributed by atoms with E-state index in [1.165, 1.54) is 0 Å². The maximum absolute atomic E-state index is 11.6. The largest absolute Gasteiger partial charge is 0.335 e. The summed E-state index contributed by atoms with van der Waals surface area (Å²) in [5.41, 5.74) is 0. The van der Waals surface area contributed by atoms with Crippen LogP contribution in [0.4, 0.5) is 4.79 Å². The fraction of sp³-hybridized carbons (Fsp3) is 0.875. The first-order valence-corrected chi connectivity index (χ1v) is 4.50. The van der Waals surface area contributed by atoms with E-state index in [9.17, 15) is 4.79 Å². The Balaban J connectivity index is 2.73. The molecule has 0 radical (unpaired) electrons. The first kappa shape index (κ1) is 9.42. The van der Waals surface area contributed by atoms with E-state index in [2.05, 4.69) is 13.7 Å². The van der Waals surface area contributed by atoms with E-state index in [1.807, 2.05) is 19.0 Å². The quantitative estimate of drug-likeness (QED) is 0.495. The molecule has 1 atom stereocenters. The van der Waals surface area contributed by atoms with E-state index in [1.54, 1.807) is 4.90 Å². The van der Waals surface area contributed by atoms with Gasteiger partial charge in [0.15, 0.2) is 6.71 Å². The molecule has 1 rings (SSSR count). The van der Waals surface area contributed by atoms with Crippen LogP contribution in [0.15, 0.2) is 0 Å². The van der Waals surface area contributed by atoms with Crippen molar-refractivity contribution in [2.75, 3.05) is 20.5 Å². The normalized spacial score (nSPS) is 26.2. The fourth-order valence-corrected chi connectivity index (χ4v) is 1.82. The van der Waals surface area contributed by atoms with Gasteiger partial charge in [0.1, 0.15) is 0 Å². The third-order valence-electron chi connectivity index (χ3n) is 2.62. The summed E-state index contributed by atoms with van der Waals surface area (Å²) in [6.07, 6.45) is 1.99. The zero-order valence-electron chi connectivity index (χ0n) is 8.37. The molecule has 0 spiro atoms. The molecule has 68 valence electrons. The van der Waals surface area contributed by atoms with Gasteiger partial charge in [0.05, 0.1) is 0 Å². The summed E-state index contributed by atoms with van der Waals surface area (Å²) in [6.45, 7) is 4.91. The van der Waals surface area contributed by atoms with Crippen molar-refractivity contribution in [1.82, 2.24) is 9.80 Å². The van der Waals surface area contributed by atoms with Crippen molar-refractivity contribution in [3.63, 3.8) is 0 Å². The van der Waals surface area contributed by atoms with E-state index in [4.69, 9.17) is 0 Å². The van der Waals surface area contributed by atoms with Gasteiger partial charge in [-0.05, 0) is 13.4 Å². The summed E-state index contributed by atoms with van der Waals surface area (Å²) >= 11 is 0. The Morgan fingerprint density at radius 3 is 2.67 bits per heavy atom. The van der Waals surface area contributed by atoms with Gasteiger partial charge in [-0.2, -0.15) is 0 Å². The van der Waals surface area contributed by atoms with Crippen molar-refractivity contribution >= 4 is 12.7 Å². The Kier molecular flexibility index (Phi) is 2.65. The topological polar surface area (TPSA) is 23.6 Å². The van der Waals surface area contributed by atoms with Crippen molar-refractivity contribution < 1.29 is 4.79 Å². The third-order valence-corrected chi connectivity index (χ3v) is 2.62. The zero-order chi connectivity index (χ0) is 9.30. The lowest BCUT2D eigenvalue weighted by atomic mass is 9.48. The summed E-state index contributed by atoms with van der Waals surface area (Å²) in [5.74, 6) is 0. The highest BCUT2D eigenvalue weighted by Crippen LogP contribution is 2.13. The summed E-state index contributed by atoms with van der Waals surface area (Å²) < 4.78 is 0. The summed E-state index contributed by atoms with van der Waals surface area (Å²) in [4.78, 5) is 15.2. The van der Waals surface area contributed by atoms with E-state index in [0.717, 1.165) is 12.8 Å². The van der Waals surface area contributed by atoms with Gasteiger partial charge < -0.3 is 9.80 Å². The molecule has 1 unspecified atom stereocenters. The maximum atomic E-state index is 11.6. The molecule has 0 N–H and O–H groups in total. The van der Waals surface area contributed by atoms with Crippen LogP contribution in [0, 0.1) is 0 Å². The van der Waals surface area contributed by atoms with Crippen molar-refractivity contribution in [2.45, 2.75) is 26.1 Å². The molecule has 1 aliphatic heterocycles. The number of carbonyl (C=O) groups is 1. The number of urea groups is 1.